The van der Waals surface area contributed by atoms with Crippen molar-refractivity contribution in [2.45, 2.75) is 39.2 Å². The monoisotopic (exact) mass is 290 g/mol. The number of hydrogen-bond donors (Lipinski definition) is 1. The van der Waals surface area contributed by atoms with Crippen molar-refractivity contribution in [3.8, 4) is 0 Å². The van der Waals surface area contributed by atoms with Crippen LogP contribution >= 0.6 is 0 Å². The number of rotatable bonds is 8. The van der Waals surface area contributed by atoms with E-state index in [0.717, 1.165) is 11.3 Å². The molecule has 5 nitrogen and oxygen atoms in total. The number of nitrogens with zero attached hydrogens (tertiary/aromatic N) is 1. The lowest BCUT2D eigenvalue weighted by Gasteiger charge is -2.19. The summed E-state index contributed by atoms with van der Waals surface area (Å²) in [5, 5.41) is 14.1. The van der Waals surface area contributed by atoms with Crippen molar-refractivity contribution in [3.05, 3.63) is 57.8 Å². The second-order valence-electron chi connectivity index (χ2n) is 5.41. The van der Waals surface area contributed by atoms with Crippen LogP contribution in [-0.4, -0.2) is 23.3 Å². The van der Waals surface area contributed by atoms with Crippen LogP contribution in [0.25, 0.3) is 0 Å². The lowest BCUT2D eigenvalue weighted by Crippen LogP contribution is -2.25. The maximum absolute atomic E-state index is 11.3. The molecular formula is C16H22N2O3. The molecule has 1 N–H and O–H groups in total. The van der Waals surface area contributed by atoms with Gasteiger partial charge < -0.3 is 5.32 Å². The summed E-state index contributed by atoms with van der Waals surface area (Å²) < 4.78 is 0. The molecule has 1 unspecified atom stereocenters. The summed E-state index contributed by atoms with van der Waals surface area (Å²) in [4.78, 5) is 21.9. The zero-order valence-electron chi connectivity index (χ0n) is 12.7. The maximum atomic E-state index is 11.3. The summed E-state index contributed by atoms with van der Waals surface area (Å²) in [5.41, 5.74) is 1.66. The fourth-order valence-corrected chi connectivity index (χ4v) is 2.23. The van der Waals surface area contributed by atoms with Crippen LogP contribution in [0.5, 0.6) is 0 Å². The van der Waals surface area contributed by atoms with Crippen LogP contribution in [0.4, 0.5) is 0 Å². The molecule has 0 saturated carbocycles. The van der Waals surface area contributed by atoms with Crippen molar-refractivity contribution in [3.63, 3.8) is 0 Å². The van der Waals surface area contributed by atoms with E-state index in [0.29, 0.717) is 6.42 Å². The first-order valence-corrected chi connectivity index (χ1v) is 7.03. The fraction of sp³-hybridized carbons (Fsp3) is 0.438. The predicted octanol–water partition coefficient (Wildman–Crippen LogP) is 2.91. The third kappa shape index (κ3) is 6.70. The molecule has 0 radical (unpaired) electrons. The molecule has 0 fully saturated rings. The number of benzene rings is 1. The Labute approximate surface area is 125 Å². The number of allylic oxidation sites excluding steroid dienone is 2. The van der Waals surface area contributed by atoms with Gasteiger partial charge in [-0.05, 0) is 32.4 Å². The van der Waals surface area contributed by atoms with Crippen molar-refractivity contribution in [2.75, 3.05) is 6.54 Å². The van der Waals surface area contributed by atoms with Crippen LogP contribution < -0.4 is 5.32 Å². The van der Waals surface area contributed by atoms with E-state index in [-0.39, 0.29) is 29.2 Å². The summed E-state index contributed by atoms with van der Waals surface area (Å²) in [5.74, 6) is -0.316. The second kappa shape index (κ2) is 8.19. The average molecular weight is 290 g/mol. The molecule has 0 saturated heterocycles. The summed E-state index contributed by atoms with van der Waals surface area (Å²) in [6.07, 6.45) is 1.97. The van der Waals surface area contributed by atoms with Crippen LogP contribution in [0.3, 0.4) is 0 Å². The minimum absolute atomic E-state index is 0.0638. The lowest BCUT2D eigenvalue weighted by molar-refractivity contribution is -0.483. The third-order valence-electron chi connectivity index (χ3n) is 2.96. The molecule has 0 aromatic heterocycles. The first-order valence-electron chi connectivity index (χ1n) is 7.03. The molecule has 0 aliphatic carbocycles. The van der Waals surface area contributed by atoms with Gasteiger partial charge in [0, 0.05) is 23.1 Å². The molecule has 1 atom stereocenters. The zero-order chi connectivity index (χ0) is 15.8. The number of nitro groups is 1. The smallest absolute Gasteiger partial charge is 0.211 e. The Morgan fingerprint density at radius 2 is 1.95 bits per heavy atom. The Kier molecular flexibility index (Phi) is 6.59. The van der Waals surface area contributed by atoms with E-state index in [4.69, 9.17) is 0 Å². The Balaban J connectivity index is 2.97. The van der Waals surface area contributed by atoms with E-state index in [9.17, 15) is 14.9 Å². The summed E-state index contributed by atoms with van der Waals surface area (Å²) in [6.45, 7) is 5.27. The van der Waals surface area contributed by atoms with Crippen molar-refractivity contribution >= 4 is 5.78 Å². The molecule has 1 aromatic carbocycles. The molecule has 21 heavy (non-hydrogen) atoms. The second-order valence-corrected chi connectivity index (χ2v) is 5.41. The van der Waals surface area contributed by atoms with Gasteiger partial charge in [-0.1, -0.05) is 30.3 Å². The van der Waals surface area contributed by atoms with Gasteiger partial charge in [0.05, 0.1) is 5.92 Å². The van der Waals surface area contributed by atoms with Gasteiger partial charge in [0.1, 0.15) is 0 Å². The van der Waals surface area contributed by atoms with Crippen LogP contribution in [0, 0.1) is 10.1 Å². The molecule has 5 heteroatoms. The molecule has 1 aromatic rings. The minimum Gasteiger partial charge on any atom is -0.386 e. The lowest BCUT2D eigenvalue weighted by atomic mass is 9.93. The topological polar surface area (TPSA) is 72.2 Å². The highest BCUT2D eigenvalue weighted by Gasteiger charge is 2.20. The first kappa shape index (κ1) is 16.9. The Morgan fingerprint density at radius 3 is 2.43 bits per heavy atom. The average Bonchev–Trinajstić information content (AvgIpc) is 2.36. The number of ketones is 1. The highest BCUT2D eigenvalue weighted by atomic mass is 16.6. The van der Waals surface area contributed by atoms with Crippen LogP contribution in [0.15, 0.2) is 42.1 Å². The molecule has 0 amide bonds. The molecule has 1 rings (SSSR count). The van der Waals surface area contributed by atoms with Gasteiger partial charge >= 0.3 is 0 Å². The van der Waals surface area contributed by atoms with Gasteiger partial charge in [-0.2, -0.15) is 0 Å². The molecule has 0 spiro atoms. The molecule has 114 valence electrons. The zero-order valence-corrected chi connectivity index (χ0v) is 12.7. The number of hydrogen-bond acceptors (Lipinski definition) is 4. The quantitative estimate of drug-likeness (QED) is 0.454. The van der Waals surface area contributed by atoms with Gasteiger partial charge in [0.15, 0.2) is 5.78 Å². The summed E-state index contributed by atoms with van der Waals surface area (Å²) >= 11 is 0. The van der Waals surface area contributed by atoms with Gasteiger partial charge in [-0.3, -0.25) is 14.9 Å². The number of nitrogens with one attached hydrogen (secondary N) is 1. The molecule has 0 bridgehead atoms. The number of carbonyl (C=O) groups is 1. The largest absolute Gasteiger partial charge is 0.386 e. The van der Waals surface area contributed by atoms with Gasteiger partial charge in [0.2, 0.25) is 6.54 Å². The minimum atomic E-state index is -0.307. The van der Waals surface area contributed by atoms with Crippen molar-refractivity contribution in [1.29, 1.82) is 0 Å². The van der Waals surface area contributed by atoms with Crippen LogP contribution in [0.2, 0.25) is 0 Å². The molecule has 0 aliphatic heterocycles. The predicted molar refractivity (Wildman–Crippen MR) is 82.7 cm³/mol. The van der Waals surface area contributed by atoms with Crippen LogP contribution in [0.1, 0.15) is 38.7 Å². The Hall–Kier alpha value is -2.17. The Bertz CT molecular complexity index is 510. The molecular weight excluding hydrogens is 268 g/mol. The Morgan fingerprint density at radius 1 is 1.33 bits per heavy atom. The highest BCUT2D eigenvalue weighted by molar-refractivity contribution is 5.87. The molecule has 0 aliphatic rings. The summed E-state index contributed by atoms with van der Waals surface area (Å²) in [6, 6.07) is 9.55. The van der Waals surface area contributed by atoms with Gasteiger partial charge in [-0.15, -0.1) is 0 Å². The summed E-state index contributed by atoms with van der Waals surface area (Å²) in [7, 11) is 0. The normalized spacial score (nSPS) is 13.0. The van der Waals surface area contributed by atoms with E-state index in [2.05, 4.69) is 5.32 Å². The van der Waals surface area contributed by atoms with Crippen molar-refractivity contribution < 1.29 is 9.72 Å². The molecule has 0 heterocycles. The van der Waals surface area contributed by atoms with Crippen molar-refractivity contribution in [2.24, 2.45) is 0 Å². The van der Waals surface area contributed by atoms with Crippen molar-refractivity contribution in [1.82, 2.24) is 5.32 Å². The SMILES string of the molecule is CC(=O)/C=C(/CC(C[N+](=O)[O-])c1ccccc1)NC(C)C. The van der Waals surface area contributed by atoms with E-state index in [1.165, 1.54) is 13.0 Å². The van der Waals surface area contributed by atoms with E-state index < -0.39 is 0 Å². The fourth-order valence-electron chi connectivity index (χ4n) is 2.23. The first-order chi connectivity index (χ1) is 9.88. The van der Waals surface area contributed by atoms with E-state index in [1.54, 1.807) is 0 Å². The van der Waals surface area contributed by atoms with E-state index in [1.807, 2.05) is 44.2 Å². The van der Waals surface area contributed by atoms with Gasteiger partial charge in [-0.25, -0.2) is 0 Å². The third-order valence-corrected chi connectivity index (χ3v) is 2.96. The highest BCUT2D eigenvalue weighted by Crippen LogP contribution is 2.23. The standard InChI is InChI=1S/C16H22N2O3/c1-12(2)17-16(9-13(3)19)10-15(11-18(20)21)14-7-5-4-6-8-14/h4-9,12,15,17H,10-11H2,1-3H3/b16-9-. The van der Waals surface area contributed by atoms with Crippen LogP contribution in [-0.2, 0) is 4.79 Å². The maximum Gasteiger partial charge on any atom is 0.211 e. The van der Waals surface area contributed by atoms with E-state index >= 15 is 0 Å². The van der Waals surface area contributed by atoms with Gasteiger partial charge in [0.25, 0.3) is 0 Å². The number of carbonyl (C=O) groups excluding carboxylic acids is 1.